The molecule has 12 saturated carbocycles. The van der Waals surface area contributed by atoms with Crippen LogP contribution in [0, 0.1) is 107 Å². The van der Waals surface area contributed by atoms with Crippen LogP contribution in [0.3, 0.4) is 0 Å². The first-order valence-electron chi connectivity index (χ1n) is 43.6. The van der Waals surface area contributed by atoms with E-state index >= 15 is 0 Å². The van der Waals surface area contributed by atoms with Crippen LogP contribution in [0.2, 0.25) is 0 Å². The SMILES string of the molecule is CC.CC.CC.CC.CC.CC.CC.CC.CC.O=C1CCCCO1.O=C1OC2CC3CC1C2C3.O=C1OC2CC3CC1C2O3.O=C1OC2CC3CC2CC13.O=C1OC2CC3CCC2C1C3.O=C1OC2CCC1CC2.O=C1OC2CCCC1C2.O=C1OCC2C3CCC(C3)C12.O=C1OCC2CCCCC12. The van der Waals surface area contributed by atoms with Gasteiger partial charge in [0.05, 0.1) is 73.3 Å². The van der Waals surface area contributed by atoms with Crippen LogP contribution in [0.25, 0.3) is 0 Å². The zero-order valence-corrected chi connectivity index (χ0v) is 68.6. The maximum atomic E-state index is 11.2. The highest BCUT2D eigenvalue weighted by Gasteiger charge is 2.60. The summed E-state index contributed by atoms with van der Waals surface area (Å²) in [6, 6.07) is 0. The third kappa shape index (κ3) is 22.9. The molecule has 13 aliphatic heterocycles. The van der Waals surface area contributed by atoms with Crippen molar-refractivity contribution in [2.24, 2.45) is 107 Å². The van der Waals surface area contributed by atoms with Crippen molar-refractivity contribution >= 4 is 53.7 Å². The lowest BCUT2D eigenvalue weighted by Gasteiger charge is -2.38. The molecule has 0 aromatic carbocycles. The van der Waals surface area contributed by atoms with Crippen molar-refractivity contribution in [2.75, 3.05) is 19.8 Å². The van der Waals surface area contributed by atoms with E-state index in [-0.39, 0.29) is 102 Å². The zero-order valence-electron chi connectivity index (χ0n) is 68.6. The van der Waals surface area contributed by atoms with Gasteiger partial charge in [-0.15, -0.1) is 0 Å². The molecule has 13 saturated heterocycles. The van der Waals surface area contributed by atoms with Crippen LogP contribution >= 0.6 is 0 Å². The molecule has 25 fully saturated rings. The average molecular weight is 1480 g/mol. The summed E-state index contributed by atoms with van der Waals surface area (Å²) in [5.41, 5.74) is 0. The molecule has 0 radical (unpaired) electrons. The second-order valence-electron chi connectivity index (χ2n) is 30.0. The number of carbonyl (C=O) groups is 9. The Balaban J connectivity index is 0.000000207. The van der Waals surface area contributed by atoms with Crippen molar-refractivity contribution in [3.05, 3.63) is 0 Å². The highest BCUT2D eigenvalue weighted by atomic mass is 16.6. The van der Waals surface area contributed by atoms with Crippen molar-refractivity contribution in [3.63, 3.8) is 0 Å². The van der Waals surface area contributed by atoms with E-state index < -0.39 is 0 Å². The van der Waals surface area contributed by atoms with Crippen LogP contribution in [-0.4, -0.2) is 122 Å². The summed E-state index contributed by atoms with van der Waals surface area (Å²) in [6.07, 6.45) is 36.0. The van der Waals surface area contributed by atoms with Crippen molar-refractivity contribution in [3.8, 4) is 0 Å². The van der Waals surface area contributed by atoms with Crippen LogP contribution in [0.5, 0.6) is 0 Å². The van der Waals surface area contributed by atoms with Gasteiger partial charge in [-0.3, -0.25) is 43.2 Å². The maximum Gasteiger partial charge on any atom is 0.312 e. The monoisotopic (exact) mass is 1480 g/mol. The molecule has 19 nitrogen and oxygen atoms in total. The minimum absolute atomic E-state index is 0.0324. The Morgan fingerprint density at radius 2 is 0.838 bits per heavy atom. The van der Waals surface area contributed by atoms with E-state index in [9.17, 15) is 43.2 Å². The van der Waals surface area contributed by atoms with Gasteiger partial charge in [0.1, 0.15) is 42.7 Å². The van der Waals surface area contributed by atoms with E-state index in [1.54, 1.807) is 0 Å². The zero-order chi connectivity index (χ0) is 77.6. The van der Waals surface area contributed by atoms with Crippen LogP contribution in [0.15, 0.2) is 0 Å². The van der Waals surface area contributed by atoms with E-state index in [2.05, 4.69) is 4.74 Å². The molecule has 105 heavy (non-hydrogen) atoms. The molecule has 0 spiro atoms. The van der Waals surface area contributed by atoms with Crippen molar-refractivity contribution in [1.29, 1.82) is 0 Å². The second kappa shape index (κ2) is 46.6. The third-order valence-electron chi connectivity index (χ3n) is 25.0. The quantitative estimate of drug-likeness (QED) is 0.162. The summed E-state index contributed by atoms with van der Waals surface area (Å²) in [4.78, 5) is 98.5. The number of ether oxygens (including phenoxy) is 10. The van der Waals surface area contributed by atoms with Gasteiger partial charge in [0, 0.05) is 36.5 Å². The van der Waals surface area contributed by atoms with E-state index in [0.29, 0.717) is 103 Å². The molecule has 0 aromatic rings. The Labute approximate surface area is 633 Å². The highest BCUT2D eigenvalue weighted by molar-refractivity contribution is 5.79. The Morgan fingerprint density at radius 1 is 0.267 bits per heavy atom. The molecule has 604 valence electrons. The van der Waals surface area contributed by atoms with Crippen LogP contribution in [-0.2, 0) is 90.5 Å². The van der Waals surface area contributed by atoms with Gasteiger partial charge < -0.3 is 47.4 Å². The number of fused-ring (bicyclic) bond motifs is 15. The van der Waals surface area contributed by atoms with Gasteiger partial charge in [-0.05, 0) is 202 Å². The van der Waals surface area contributed by atoms with Gasteiger partial charge in [-0.2, -0.15) is 0 Å². The van der Waals surface area contributed by atoms with E-state index in [4.69, 9.17) is 42.6 Å². The fourth-order valence-corrected chi connectivity index (χ4v) is 20.5. The lowest BCUT2D eigenvalue weighted by Crippen LogP contribution is -2.39. The molecule has 24 atom stereocenters. The summed E-state index contributed by atoms with van der Waals surface area (Å²) in [5, 5.41) is 0. The molecular weight excluding hydrogens is 1340 g/mol. The Morgan fingerprint density at radius 3 is 1.30 bits per heavy atom. The van der Waals surface area contributed by atoms with Crippen molar-refractivity contribution in [1.82, 2.24) is 0 Å². The van der Waals surface area contributed by atoms with Gasteiger partial charge in [0.25, 0.3) is 0 Å². The second-order valence-corrected chi connectivity index (χ2v) is 30.0. The topological polar surface area (TPSA) is 246 Å². The highest BCUT2D eigenvalue weighted by Crippen LogP contribution is 2.57. The number of rotatable bonds is 0. The summed E-state index contributed by atoms with van der Waals surface area (Å²) < 4.78 is 51.0. The molecule has 18 bridgehead atoms. The lowest BCUT2D eigenvalue weighted by molar-refractivity contribution is -0.170. The average Bonchev–Trinajstić information content (AvgIpc) is 1.62. The first-order valence-corrected chi connectivity index (χ1v) is 43.6. The van der Waals surface area contributed by atoms with Gasteiger partial charge in [-0.1, -0.05) is 137 Å². The molecule has 0 aromatic heterocycles. The van der Waals surface area contributed by atoms with Gasteiger partial charge >= 0.3 is 53.7 Å². The Kier molecular flexibility index (Phi) is 40.3. The number of esters is 9. The fraction of sp³-hybridized carbons (Fsp3) is 0.895. The predicted molar refractivity (Wildman–Crippen MR) is 404 cm³/mol. The third-order valence-corrected chi connectivity index (χ3v) is 25.0. The smallest absolute Gasteiger partial charge is 0.312 e. The van der Waals surface area contributed by atoms with E-state index in [0.717, 1.165) is 139 Å². The van der Waals surface area contributed by atoms with Crippen LogP contribution in [0.4, 0.5) is 0 Å². The van der Waals surface area contributed by atoms with Crippen LogP contribution in [0.1, 0.15) is 317 Å². The normalized spacial score (nSPS) is 39.7. The summed E-state index contributed by atoms with van der Waals surface area (Å²) >= 11 is 0. The Bertz CT molecular complexity index is 2530. The van der Waals surface area contributed by atoms with Gasteiger partial charge in [-0.25, -0.2) is 0 Å². The minimum atomic E-state index is -0.0359. The number of carbonyl (C=O) groups excluding carboxylic acids is 9. The summed E-state index contributed by atoms with van der Waals surface area (Å²) in [7, 11) is 0. The molecular formula is C86H146O19. The number of cyclic esters (lactones) is 3. The number of hydrogen-bond donors (Lipinski definition) is 0. The Hall–Kier alpha value is -4.81. The standard InChI is InChI=1S/2C9H12O2.2C8H10O2.C8H12O2.C7H8O3.2C7H10O2.C5H8O2.9C2H6/c10-9-8-6-2-1-5(3-6)7(8)4-11-9;10-9-7-3-5-1-2-6(7)8(4-5)11-9;9-8-6-2-5-1-4(6)3-7(5)10-8;9-8-6-2-4-1-5(6)7(3-4)10-8;9-8-7-4-2-1-3-6(7)5-10-8;8-7-4-1-3-2-5(10-7)6(4)9-3;8-7-5-1-3-6(9-7)4-2-5;8-7-5-2-1-3-6(4-5)9-7;6-5-3-1-2-4-7-5;9*1-2/h2*5-8H,1-4H2;2*4-7H,1-3H2;6-7H,1-5H2;3-6H,1-2H2;2*5-6H,1-4H2;1-4H2;9*1-2H3. The predicted octanol–water partition coefficient (Wildman–Crippen LogP) is 18.1. The summed E-state index contributed by atoms with van der Waals surface area (Å²) in [5.74, 6) is 9.60. The molecule has 25 rings (SSSR count). The lowest BCUT2D eigenvalue weighted by atomic mass is 9.65. The molecule has 0 N–H and O–H groups in total. The molecule has 13 heterocycles. The number of hydrogen-bond acceptors (Lipinski definition) is 19. The summed E-state index contributed by atoms with van der Waals surface area (Å²) in [6.45, 7) is 38.1. The first kappa shape index (κ1) is 90.8. The fourth-order valence-electron chi connectivity index (χ4n) is 20.5. The molecule has 24 unspecified atom stereocenters. The van der Waals surface area contributed by atoms with Crippen molar-refractivity contribution < 1.29 is 90.5 Å². The molecule has 19 heteroatoms. The van der Waals surface area contributed by atoms with Crippen LogP contribution < -0.4 is 0 Å². The largest absolute Gasteiger partial charge is 0.466 e. The van der Waals surface area contributed by atoms with Gasteiger partial charge in [0.15, 0.2) is 0 Å². The van der Waals surface area contributed by atoms with Crippen molar-refractivity contribution in [2.45, 2.75) is 366 Å². The molecule has 25 aliphatic rings. The first-order chi connectivity index (χ1) is 51.2. The van der Waals surface area contributed by atoms with E-state index in [1.165, 1.54) is 77.0 Å². The molecule has 0 amide bonds. The van der Waals surface area contributed by atoms with E-state index in [1.807, 2.05) is 125 Å². The minimum Gasteiger partial charge on any atom is -0.466 e. The molecule has 12 aliphatic carbocycles. The maximum absolute atomic E-state index is 11.2. The van der Waals surface area contributed by atoms with Gasteiger partial charge in [0.2, 0.25) is 0 Å².